The zero-order chi connectivity index (χ0) is 26.3. The highest BCUT2D eigenvalue weighted by molar-refractivity contribution is 7.98. The minimum absolute atomic E-state index is 0.106. The van der Waals surface area contributed by atoms with Crippen LogP contribution in [0.3, 0.4) is 0 Å². The molecule has 1 heterocycles. The molecule has 3 aromatic carbocycles. The Morgan fingerprint density at radius 1 is 0.919 bits per heavy atom. The molecule has 0 spiro atoms. The fraction of sp³-hybridized carbons (Fsp3) is 0.296. The molecule has 0 aliphatic carbocycles. The lowest BCUT2D eigenvalue weighted by Crippen LogP contribution is -2.48. The van der Waals surface area contributed by atoms with Crippen molar-refractivity contribution in [2.45, 2.75) is 17.2 Å². The highest BCUT2D eigenvalue weighted by atomic mass is 35.5. The second kappa shape index (κ2) is 13.1. The van der Waals surface area contributed by atoms with Crippen LogP contribution >= 0.6 is 35.0 Å². The molecule has 0 atom stereocenters. The molecule has 1 aliphatic rings. The van der Waals surface area contributed by atoms with Crippen molar-refractivity contribution in [1.29, 1.82) is 0 Å². The van der Waals surface area contributed by atoms with Crippen LogP contribution < -0.4 is 5.32 Å². The molecular formula is C27H29Cl2N3O3S2. The normalized spacial score (nSPS) is 15.0. The Morgan fingerprint density at radius 2 is 1.68 bits per heavy atom. The molecule has 1 saturated heterocycles. The summed E-state index contributed by atoms with van der Waals surface area (Å²) in [5.41, 5.74) is 2.67. The molecule has 37 heavy (non-hydrogen) atoms. The number of thioether (sulfide) groups is 1. The van der Waals surface area contributed by atoms with Gasteiger partial charge in [-0.25, -0.2) is 8.42 Å². The molecular weight excluding hydrogens is 549 g/mol. The lowest BCUT2D eigenvalue weighted by Gasteiger charge is -2.34. The van der Waals surface area contributed by atoms with Crippen molar-refractivity contribution in [3.05, 3.63) is 99.5 Å². The molecule has 10 heteroatoms. The first-order chi connectivity index (χ1) is 17.8. The predicted octanol–water partition coefficient (Wildman–Crippen LogP) is 5.16. The molecule has 0 aromatic heterocycles. The summed E-state index contributed by atoms with van der Waals surface area (Å²) < 4.78 is 27.2. The monoisotopic (exact) mass is 577 g/mol. The van der Waals surface area contributed by atoms with Crippen LogP contribution in [0.1, 0.15) is 21.5 Å². The minimum Gasteiger partial charge on any atom is -0.351 e. The third-order valence-corrected chi connectivity index (χ3v) is 9.62. The van der Waals surface area contributed by atoms with Gasteiger partial charge >= 0.3 is 0 Å². The Balaban J connectivity index is 1.22. The summed E-state index contributed by atoms with van der Waals surface area (Å²) in [6, 6.07) is 21.6. The van der Waals surface area contributed by atoms with Crippen LogP contribution in [-0.4, -0.2) is 62.0 Å². The molecule has 6 nitrogen and oxygen atoms in total. The van der Waals surface area contributed by atoms with Crippen LogP contribution in [0.4, 0.5) is 0 Å². The van der Waals surface area contributed by atoms with Gasteiger partial charge in [0.15, 0.2) is 0 Å². The number of carbonyl (C=O) groups excluding carboxylic acids is 1. The van der Waals surface area contributed by atoms with Crippen LogP contribution in [0.25, 0.3) is 0 Å². The van der Waals surface area contributed by atoms with Crippen LogP contribution in [0.2, 0.25) is 10.0 Å². The van der Waals surface area contributed by atoms with E-state index in [2.05, 4.69) is 10.2 Å². The van der Waals surface area contributed by atoms with Gasteiger partial charge in [0.1, 0.15) is 0 Å². The van der Waals surface area contributed by atoms with Gasteiger partial charge < -0.3 is 5.32 Å². The number of benzene rings is 3. The van der Waals surface area contributed by atoms with Crippen LogP contribution in [0.5, 0.6) is 0 Å². The Kier molecular flexibility index (Phi) is 9.92. The molecule has 0 bridgehead atoms. The van der Waals surface area contributed by atoms with E-state index < -0.39 is 10.0 Å². The first kappa shape index (κ1) is 28.0. The molecule has 1 N–H and O–H groups in total. The number of piperazine rings is 1. The molecule has 0 saturated carbocycles. The fourth-order valence-electron chi connectivity index (χ4n) is 4.10. The zero-order valence-electron chi connectivity index (χ0n) is 20.3. The van der Waals surface area contributed by atoms with Gasteiger partial charge in [-0.2, -0.15) is 16.1 Å². The lowest BCUT2D eigenvalue weighted by atomic mass is 10.1. The third kappa shape index (κ3) is 7.72. The summed E-state index contributed by atoms with van der Waals surface area (Å²) in [5, 5.41) is 4.25. The quantitative estimate of drug-likeness (QED) is 0.337. The van der Waals surface area contributed by atoms with Crippen molar-refractivity contribution < 1.29 is 13.2 Å². The first-order valence-corrected chi connectivity index (χ1v) is 15.3. The summed E-state index contributed by atoms with van der Waals surface area (Å²) in [7, 11) is -3.47. The van der Waals surface area contributed by atoms with E-state index >= 15 is 0 Å². The van der Waals surface area contributed by atoms with E-state index in [0.717, 1.165) is 22.6 Å². The number of sulfonamides is 1. The van der Waals surface area contributed by atoms with E-state index in [-0.39, 0.29) is 5.91 Å². The van der Waals surface area contributed by atoms with Gasteiger partial charge in [-0.15, -0.1) is 0 Å². The van der Waals surface area contributed by atoms with E-state index in [1.54, 1.807) is 46.4 Å². The Morgan fingerprint density at radius 3 is 2.41 bits per heavy atom. The third-order valence-electron chi connectivity index (χ3n) is 6.11. The van der Waals surface area contributed by atoms with Gasteiger partial charge in [0.2, 0.25) is 10.0 Å². The van der Waals surface area contributed by atoms with Crippen molar-refractivity contribution >= 4 is 50.9 Å². The summed E-state index contributed by atoms with van der Waals surface area (Å²) >= 11 is 13.8. The summed E-state index contributed by atoms with van der Waals surface area (Å²) in [6.07, 6.45) is 0. The van der Waals surface area contributed by atoms with Crippen molar-refractivity contribution in [1.82, 2.24) is 14.5 Å². The predicted molar refractivity (Wildman–Crippen MR) is 152 cm³/mol. The van der Waals surface area contributed by atoms with Crippen molar-refractivity contribution in [3.63, 3.8) is 0 Å². The molecule has 1 fully saturated rings. The highest BCUT2D eigenvalue weighted by Crippen LogP contribution is 2.24. The number of hydrogen-bond donors (Lipinski definition) is 1. The van der Waals surface area contributed by atoms with Crippen molar-refractivity contribution in [2.24, 2.45) is 0 Å². The van der Waals surface area contributed by atoms with E-state index in [4.69, 9.17) is 23.2 Å². The summed E-state index contributed by atoms with van der Waals surface area (Å²) in [4.78, 5) is 15.2. The minimum atomic E-state index is -3.47. The van der Waals surface area contributed by atoms with Crippen molar-refractivity contribution in [2.75, 3.05) is 38.5 Å². The average Bonchev–Trinajstić information content (AvgIpc) is 2.90. The summed E-state index contributed by atoms with van der Waals surface area (Å²) in [6.45, 7) is 3.37. The van der Waals surface area contributed by atoms with Gasteiger partial charge in [-0.1, -0.05) is 59.6 Å². The number of halogens is 2. The Labute approximate surface area is 233 Å². The maximum atomic E-state index is 12.8. The highest BCUT2D eigenvalue weighted by Gasteiger charge is 2.28. The number of nitrogens with zero attached hydrogens (tertiary/aromatic N) is 2. The summed E-state index contributed by atoms with van der Waals surface area (Å²) in [5.74, 6) is 1.41. The molecule has 1 aliphatic heterocycles. The molecule has 3 aromatic rings. The number of carbonyl (C=O) groups is 1. The van der Waals surface area contributed by atoms with E-state index in [1.807, 2.05) is 42.5 Å². The maximum Gasteiger partial charge on any atom is 0.251 e. The Bertz CT molecular complexity index is 1320. The molecule has 0 unspecified atom stereocenters. The number of nitrogens with one attached hydrogen (secondary N) is 1. The largest absolute Gasteiger partial charge is 0.351 e. The van der Waals surface area contributed by atoms with Crippen LogP contribution in [0, 0.1) is 0 Å². The smallest absolute Gasteiger partial charge is 0.251 e. The van der Waals surface area contributed by atoms with E-state index in [0.29, 0.717) is 59.8 Å². The molecule has 0 radical (unpaired) electrons. The number of hydrogen-bond acceptors (Lipinski definition) is 5. The van der Waals surface area contributed by atoms with Gasteiger partial charge in [0.05, 0.1) is 4.90 Å². The van der Waals surface area contributed by atoms with Gasteiger partial charge in [0, 0.05) is 66.4 Å². The SMILES string of the molecule is O=C(NCCSCc1ccc(Cl)cc1Cl)c1cccc(CN2CCN(S(=O)(=O)c3ccccc3)CC2)c1. The standard InChI is InChI=1S/C27H29Cl2N3O3S2/c28-24-10-9-23(26(29)18-24)20-36-16-11-30-27(33)22-6-4-5-21(17-22)19-31-12-14-32(15-13-31)37(34,35)25-7-2-1-3-8-25/h1-10,17-18H,11-16,19-20H2,(H,30,33). The maximum absolute atomic E-state index is 12.8. The fourth-order valence-corrected chi connectivity index (χ4v) is 6.96. The molecule has 4 rings (SSSR count). The number of rotatable bonds is 10. The topological polar surface area (TPSA) is 69.7 Å². The zero-order valence-corrected chi connectivity index (χ0v) is 23.4. The second-order valence-electron chi connectivity index (χ2n) is 8.74. The average molecular weight is 579 g/mol. The molecule has 1 amide bonds. The van der Waals surface area contributed by atoms with Crippen LogP contribution in [0.15, 0.2) is 77.7 Å². The number of amides is 1. The van der Waals surface area contributed by atoms with Crippen LogP contribution in [-0.2, 0) is 22.3 Å². The van der Waals surface area contributed by atoms with Gasteiger partial charge in [-0.05, 0) is 47.5 Å². The van der Waals surface area contributed by atoms with Gasteiger partial charge in [-0.3, -0.25) is 9.69 Å². The second-order valence-corrected chi connectivity index (χ2v) is 12.6. The van der Waals surface area contributed by atoms with E-state index in [9.17, 15) is 13.2 Å². The Hall–Kier alpha value is -2.07. The van der Waals surface area contributed by atoms with E-state index in [1.165, 1.54) is 0 Å². The lowest BCUT2D eigenvalue weighted by molar-refractivity contribution is 0.0956. The first-order valence-electron chi connectivity index (χ1n) is 12.0. The molecule has 196 valence electrons. The van der Waals surface area contributed by atoms with Gasteiger partial charge in [0.25, 0.3) is 5.91 Å². The van der Waals surface area contributed by atoms with Crippen molar-refractivity contribution in [3.8, 4) is 0 Å².